The van der Waals surface area contributed by atoms with Crippen molar-refractivity contribution < 1.29 is 32.3 Å². The van der Waals surface area contributed by atoms with Crippen molar-refractivity contribution in [1.82, 2.24) is 0 Å². The number of hydrogen-bond donors (Lipinski definition) is 0. The van der Waals surface area contributed by atoms with Crippen molar-refractivity contribution in [3.05, 3.63) is 191 Å². The molecular formula is C81H105O7P. The van der Waals surface area contributed by atoms with Gasteiger partial charge in [0.2, 0.25) is 0 Å². The van der Waals surface area contributed by atoms with E-state index < -0.39 is 7.82 Å². The van der Waals surface area contributed by atoms with E-state index in [2.05, 4.69) is 218 Å². The minimum absolute atomic E-state index is 0.00406. The second-order valence-corrected chi connectivity index (χ2v) is 31.7. The van der Waals surface area contributed by atoms with Crippen molar-refractivity contribution >= 4 is 42.8 Å². The number of fused-ring (bicyclic) bond motifs is 3. The SMILES string of the molecule is CCOc1c(/C(C)=C/c2ccc(COP(=O)(OCc3ccc(/C=C(\C)c4c(C)cc5c(c4OCC)C(C)(C)CCC5(C)C)cc3)OCc3ccc(/C=C(\C)c4c(C)cc5c(c4OCC)C(C)(C)CCC5(C)C)cc3)cc2)c(C)cc2c1C(C)(C)CCC2(C)C. The maximum atomic E-state index is 15.0. The zero-order chi connectivity index (χ0) is 64.8. The summed E-state index contributed by atoms with van der Waals surface area (Å²) in [5, 5.41) is 0. The fourth-order valence-electron chi connectivity index (χ4n) is 14.6. The summed E-state index contributed by atoms with van der Waals surface area (Å²) in [4.78, 5) is 0. The Hall–Kier alpha value is -5.95. The minimum atomic E-state index is -4.16. The molecular weight excluding hydrogens is 1120 g/mol. The molecule has 8 heteroatoms. The number of benzene rings is 6. The second-order valence-electron chi connectivity index (χ2n) is 30.0. The lowest BCUT2D eigenvalue weighted by Crippen LogP contribution is -2.35. The van der Waals surface area contributed by atoms with Crippen LogP contribution in [0.2, 0.25) is 0 Å². The number of rotatable bonds is 21. The van der Waals surface area contributed by atoms with Crippen molar-refractivity contribution in [3.63, 3.8) is 0 Å². The van der Waals surface area contributed by atoms with Crippen LogP contribution in [0.25, 0.3) is 34.9 Å². The maximum absolute atomic E-state index is 15.0. The number of aryl methyl sites for hydroxylation is 3. The lowest BCUT2D eigenvalue weighted by Gasteiger charge is -2.43. The molecule has 0 heterocycles. The molecule has 0 fully saturated rings. The fraction of sp³-hybridized carbons (Fsp3) is 0.481. The van der Waals surface area contributed by atoms with Gasteiger partial charge in [-0.15, -0.1) is 0 Å². The molecule has 3 aliphatic carbocycles. The Morgan fingerprint density at radius 3 is 0.831 bits per heavy atom. The molecule has 0 spiro atoms. The van der Waals surface area contributed by atoms with E-state index in [1.54, 1.807) is 0 Å². The number of phosphoric ester groups is 1. The third-order valence-corrected chi connectivity index (χ3v) is 21.4. The van der Waals surface area contributed by atoms with E-state index in [0.717, 1.165) is 123 Å². The van der Waals surface area contributed by atoms with Gasteiger partial charge in [-0.05, 0) is 217 Å². The molecule has 0 atom stereocenters. The molecule has 0 saturated carbocycles. The highest BCUT2D eigenvalue weighted by molar-refractivity contribution is 7.48. The van der Waals surface area contributed by atoms with Crippen LogP contribution >= 0.6 is 7.82 Å². The second kappa shape index (κ2) is 26.0. The topological polar surface area (TPSA) is 72.5 Å². The number of phosphoric acid groups is 1. The minimum Gasteiger partial charge on any atom is -0.493 e. The van der Waals surface area contributed by atoms with Crippen LogP contribution in [0.1, 0.15) is 263 Å². The zero-order valence-electron chi connectivity index (χ0n) is 58.2. The monoisotopic (exact) mass is 1220 g/mol. The van der Waals surface area contributed by atoms with E-state index in [-0.39, 0.29) is 52.3 Å². The van der Waals surface area contributed by atoms with Crippen molar-refractivity contribution in [2.75, 3.05) is 19.8 Å². The molecule has 0 bridgehead atoms. The van der Waals surface area contributed by atoms with Crippen LogP contribution in [0.4, 0.5) is 0 Å². The highest BCUT2D eigenvalue weighted by atomic mass is 31.2. The maximum Gasteiger partial charge on any atom is 0.475 e. The summed E-state index contributed by atoms with van der Waals surface area (Å²) < 4.78 is 53.8. The molecule has 0 aromatic heterocycles. The van der Waals surface area contributed by atoms with Gasteiger partial charge in [-0.25, -0.2) is 4.57 Å². The van der Waals surface area contributed by atoms with Gasteiger partial charge in [-0.3, -0.25) is 13.6 Å². The Morgan fingerprint density at radius 2 is 0.607 bits per heavy atom. The number of hydrogen-bond acceptors (Lipinski definition) is 7. The van der Waals surface area contributed by atoms with Gasteiger partial charge in [-0.1, -0.05) is 192 Å². The fourth-order valence-corrected chi connectivity index (χ4v) is 15.8. The van der Waals surface area contributed by atoms with Gasteiger partial charge >= 0.3 is 7.82 Å². The molecule has 3 aliphatic rings. The average Bonchev–Trinajstić information content (AvgIpc) is 0.861. The molecule has 0 saturated heterocycles. The Labute approximate surface area is 536 Å². The summed E-state index contributed by atoms with van der Waals surface area (Å²) in [5.41, 5.74) is 24.7. The molecule has 0 amide bonds. The molecule has 0 radical (unpaired) electrons. The van der Waals surface area contributed by atoms with Gasteiger partial charge < -0.3 is 14.2 Å². The van der Waals surface area contributed by atoms with Gasteiger partial charge in [0.05, 0.1) is 39.6 Å². The lowest BCUT2D eigenvalue weighted by molar-refractivity contribution is 0.0978. The highest BCUT2D eigenvalue weighted by Gasteiger charge is 2.44. The highest BCUT2D eigenvalue weighted by Crippen LogP contribution is 2.57. The standard InChI is InChI=1S/C81H105O7P/c1-22-83-73-67(55(7)46-64-70(73)79(16,17)40-37-76(64,10)11)52(4)43-58-25-31-61(32-26-58)49-86-89(82,87-50-62-33-27-59(28-34-62)44-53(5)68-56(8)47-65-71(74(68)84-23-2)80(18,19)41-38-77(65,12)13)88-51-63-35-29-60(30-36-63)45-54(6)69-57(9)48-66-72(75(69)85-24-3)81(20,21)42-39-78(66,14)15/h25-36,43-48H,22-24,37-42,49-51H2,1-21H3/b52-43+,53-44+,54-45+. The van der Waals surface area contributed by atoms with Crippen molar-refractivity contribution in [3.8, 4) is 17.2 Å². The predicted molar refractivity (Wildman–Crippen MR) is 375 cm³/mol. The van der Waals surface area contributed by atoms with E-state index in [4.69, 9.17) is 27.8 Å². The van der Waals surface area contributed by atoms with Crippen LogP contribution < -0.4 is 14.2 Å². The van der Waals surface area contributed by atoms with Crippen molar-refractivity contribution in [1.29, 1.82) is 0 Å². The van der Waals surface area contributed by atoms with E-state index in [0.29, 0.717) is 19.8 Å². The first kappa shape index (κ1) is 67.4. The number of ether oxygens (including phenoxy) is 3. The van der Waals surface area contributed by atoms with E-state index >= 15 is 4.57 Å². The Balaban J connectivity index is 0.964. The molecule has 476 valence electrons. The first-order valence-corrected chi connectivity index (χ1v) is 34.5. The summed E-state index contributed by atoms with van der Waals surface area (Å²) in [6.07, 6.45) is 13.4. The zero-order valence-corrected chi connectivity index (χ0v) is 59.1. The van der Waals surface area contributed by atoms with Crippen LogP contribution in [0, 0.1) is 20.8 Å². The smallest absolute Gasteiger partial charge is 0.475 e. The van der Waals surface area contributed by atoms with Gasteiger partial charge in [0.15, 0.2) is 0 Å². The van der Waals surface area contributed by atoms with Crippen LogP contribution in [0.5, 0.6) is 17.2 Å². The largest absolute Gasteiger partial charge is 0.493 e. The molecule has 9 rings (SSSR count). The Morgan fingerprint density at radius 1 is 0.382 bits per heavy atom. The molecule has 6 aromatic carbocycles. The van der Waals surface area contributed by atoms with Gasteiger partial charge in [0.25, 0.3) is 0 Å². The van der Waals surface area contributed by atoms with Crippen LogP contribution in [0.3, 0.4) is 0 Å². The molecule has 0 N–H and O–H groups in total. The molecule has 89 heavy (non-hydrogen) atoms. The molecule has 0 aliphatic heterocycles. The summed E-state index contributed by atoms with van der Waals surface area (Å²) in [7, 11) is -4.16. The normalized spacial score (nSPS) is 18.2. The van der Waals surface area contributed by atoms with Crippen molar-refractivity contribution in [2.24, 2.45) is 0 Å². The summed E-state index contributed by atoms with van der Waals surface area (Å²) in [6.45, 7) is 49.7. The van der Waals surface area contributed by atoms with Gasteiger partial charge in [-0.2, -0.15) is 0 Å². The van der Waals surface area contributed by atoms with Crippen molar-refractivity contribution in [2.45, 2.75) is 236 Å². The molecule has 0 unspecified atom stereocenters. The Bertz CT molecular complexity index is 3340. The summed E-state index contributed by atoms with van der Waals surface area (Å²) in [6, 6.07) is 31.9. The van der Waals surface area contributed by atoms with E-state index in [1.807, 2.05) is 36.4 Å². The first-order chi connectivity index (χ1) is 41.7. The van der Waals surface area contributed by atoms with Gasteiger partial charge in [0, 0.05) is 33.4 Å². The van der Waals surface area contributed by atoms with Crippen LogP contribution in [-0.4, -0.2) is 19.8 Å². The van der Waals surface area contributed by atoms with Gasteiger partial charge in [0.1, 0.15) is 17.2 Å². The summed E-state index contributed by atoms with van der Waals surface area (Å²) in [5.74, 6) is 3.05. The first-order valence-electron chi connectivity index (χ1n) is 33.1. The predicted octanol–water partition coefficient (Wildman–Crippen LogP) is 22.6. The van der Waals surface area contributed by atoms with E-state index in [9.17, 15) is 0 Å². The van der Waals surface area contributed by atoms with Crippen LogP contribution in [0.15, 0.2) is 91.0 Å². The third-order valence-electron chi connectivity index (χ3n) is 20.1. The van der Waals surface area contributed by atoms with Crippen LogP contribution in [-0.2, 0) is 70.4 Å². The molecule has 6 aromatic rings. The summed E-state index contributed by atoms with van der Waals surface area (Å²) >= 11 is 0. The molecule has 7 nitrogen and oxygen atoms in total. The number of allylic oxidation sites excluding steroid dienone is 3. The Kier molecular flexibility index (Phi) is 19.7. The lowest BCUT2D eigenvalue weighted by atomic mass is 9.62. The quantitative estimate of drug-likeness (QED) is 0.0525. The van der Waals surface area contributed by atoms with E-state index in [1.165, 1.54) is 50.1 Å². The third kappa shape index (κ3) is 14.3. The average molecular weight is 1220 g/mol.